The van der Waals surface area contributed by atoms with Gasteiger partial charge in [-0.1, -0.05) is 35.1 Å². The Morgan fingerprint density at radius 3 is 2.81 bits per heavy atom. The van der Waals surface area contributed by atoms with Crippen molar-refractivity contribution < 1.29 is 9.18 Å². The molecule has 0 radical (unpaired) electrons. The van der Waals surface area contributed by atoms with Gasteiger partial charge in [0.25, 0.3) is 0 Å². The van der Waals surface area contributed by atoms with E-state index in [-0.39, 0.29) is 27.9 Å². The largest absolute Gasteiger partial charge is 0.350 e. The van der Waals surface area contributed by atoms with Crippen molar-refractivity contribution in [3.05, 3.63) is 55.3 Å². The standard InChI is InChI=1S/C14H14ClFN2O2S/c1-14(2,9-4-3-5-10(15)11(9)16)12(19)17-6-8-7-21-13(20)18-8/h3-5,7H,6H2,1-2H3,(H,17,19)(H,18,20). The topological polar surface area (TPSA) is 62.0 Å². The molecule has 0 fully saturated rings. The Labute approximate surface area is 130 Å². The van der Waals surface area contributed by atoms with Gasteiger partial charge < -0.3 is 10.3 Å². The van der Waals surface area contributed by atoms with Gasteiger partial charge in [-0.25, -0.2) is 4.39 Å². The molecule has 0 bridgehead atoms. The highest BCUT2D eigenvalue weighted by Gasteiger charge is 2.32. The van der Waals surface area contributed by atoms with Gasteiger partial charge in [0.15, 0.2) is 0 Å². The number of thiazole rings is 1. The minimum Gasteiger partial charge on any atom is -0.350 e. The average Bonchev–Trinajstić information content (AvgIpc) is 2.84. The van der Waals surface area contributed by atoms with Gasteiger partial charge in [0.1, 0.15) is 5.82 Å². The van der Waals surface area contributed by atoms with E-state index in [1.165, 1.54) is 12.1 Å². The molecule has 1 heterocycles. The van der Waals surface area contributed by atoms with E-state index in [2.05, 4.69) is 10.3 Å². The fraction of sp³-hybridized carbons (Fsp3) is 0.286. The second-order valence-electron chi connectivity index (χ2n) is 5.08. The van der Waals surface area contributed by atoms with Crippen molar-refractivity contribution >= 4 is 28.8 Å². The molecular weight excluding hydrogens is 315 g/mol. The van der Waals surface area contributed by atoms with Gasteiger partial charge in [-0.15, -0.1) is 0 Å². The van der Waals surface area contributed by atoms with E-state index in [1.807, 2.05) is 0 Å². The number of halogens is 2. The Kier molecular flexibility index (Phi) is 4.49. The number of aromatic nitrogens is 1. The van der Waals surface area contributed by atoms with Crippen molar-refractivity contribution in [1.29, 1.82) is 0 Å². The molecule has 0 spiro atoms. The lowest BCUT2D eigenvalue weighted by Crippen LogP contribution is -2.40. The van der Waals surface area contributed by atoms with Crippen LogP contribution in [-0.4, -0.2) is 10.9 Å². The average molecular weight is 329 g/mol. The summed E-state index contributed by atoms with van der Waals surface area (Å²) in [6.07, 6.45) is 0. The molecule has 21 heavy (non-hydrogen) atoms. The smallest absolute Gasteiger partial charge is 0.304 e. The van der Waals surface area contributed by atoms with Gasteiger partial charge in [-0.2, -0.15) is 0 Å². The predicted molar refractivity (Wildman–Crippen MR) is 81.2 cm³/mol. The van der Waals surface area contributed by atoms with Crippen molar-refractivity contribution in [3.63, 3.8) is 0 Å². The molecule has 0 saturated heterocycles. The minimum absolute atomic E-state index is 0.0180. The summed E-state index contributed by atoms with van der Waals surface area (Å²) in [5.74, 6) is -0.945. The maximum atomic E-state index is 14.1. The molecule has 0 aliphatic rings. The summed E-state index contributed by atoms with van der Waals surface area (Å²) in [7, 11) is 0. The van der Waals surface area contributed by atoms with Crippen molar-refractivity contribution in [2.75, 3.05) is 0 Å². The molecule has 112 valence electrons. The summed E-state index contributed by atoms with van der Waals surface area (Å²) >= 11 is 6.78. The lowest BCUT2D eigenvalue weighted by Gasteiger charge is -2.24. The number of nitrogens with one attached hydrogen (secondary N) is 2. The van der Waals surface area contributed by atoms with Crippen LogP contribution in [0.3, 0.4) is 0 Å². The van der Waals surface area contributed by atoms with Crippen LogP contribution in [-0.2, 0) is 16.8 Å². The number of carbonyl (C=O) groups excluding carboxylic acids is 1. The van der Waals surface area contributed by atoms with Gasteiger partial charge in [0, 0.05) is 16.6 Å². The summed E-state index contributed by atoms with van der Waals surface area (Å²) in [6.45, 7) is 3.42. The lowest BCUT2D eigenvalue weighted by atomic mass is 9.83. The molecule has 0 atom stereocenters. The van der Waals surface area contributed by atoms with Gasteiger partial charge in [-0.3, -0.25) is 9.59 Å². The van der Waals surface area contributed by atoms with E-state index >= 15 is 0 Å². The molecule has 2 aromatic rings. The fourth-order valence-corrected chi connectivity index (χ4v) is 2.66. The van der Waals surface area contributed by atoms with Crippen LogP contribution < -0.4 is 10.2 Å². The van der Waals surface area contributed by atoms with Crippen LogP contribution in [0.25, 0.3) is 0 Å². The third kappa shape index (κ3) is 3.33. The zero-order valence-electron chi connectivity index (χ0n) is 11.5. The van der Waals surface area contributed by atoms with Gasteiger partial charge in [0.05, 0.1) is 17.0 Å². The summed E-state index contributed by atoms with van der Waals surface area (Å²) < 4.78 is 14.1. The Balaban J connectivity index is 2.16. The lowest BCUT2D eigenvalue weighted by molar-refractivity contribution is -0.125. The SMILES string of the molecule is CC(C)(C(=O)NCc1csc(=O)[nH]1)c1cccc(Cl)c1F. The number of hydrogen-bond acceptors (Lipinski definition) is 3. The molecule has 0 aliphatic heterocycles. The summed E-state index contributed by atoms with van der Waals surface area (Å²) in [6, 6.07) is 4.57. The zero-order valence-corrected chi connectivity index (χ0v) is 13.1. The summed E-state index contributed by atoms with van der Waals surface area (Å²) in [5, 5.41) is 4.30. The van der Waals surface area contributed by atoms with Crippen LogP contribution in [0, 0.1) is 5.82 Å². The molecule has 1 aromatic heterocycles. The van der Waals surface area contributed by atoms with Crippen LogP contribution in [0.2, 0.25) is 5.02 Å². The molecule has 1 amide bonds. The van der Waals surface area contributed by atoms with E-state index in [1.54, 1.807) is 25.3 Å². The first-order valence-corrected chi connectivity index (χ1v) is 7.47. The zero-order chi connectivity index (χ0) is 15.6. The van der Waals surface area contributed by atoms with E-state index in [4.69, 9.17) is 11.6 Å². The normalized spacial score (nSPS) is 11.4. The highest BCUT2D eigenvalue weighted by atomic mass is 35.5. The molecule has 0 saturated carbocycles. The van der Waals surface area contributed by atoms with Crippen LogP contribution in [0.15, 0.2) is 28.4 Å². The predicted octanol–water partition coefficient (Wildman–Crippen LogP) is 2.82. The van der Waals surface area contributed by atoms with Crippen molar-refractivity contribution in [3.8, 4) is 0 Å². The van der Waals surface area contributed by atoms with E-state index < -0.39 is 11.2 Å². The molecule has 0 unspecified atom stereocenters. The molecule has 2 rings (SSSR count). The maximum absolute atomic E-state index is 14.1. The first kappa shape index (κ1) is 15.7. The summed E-state index contributed by atoms with van der Waals surface area (Å²) in [4.78, 5) is 25.7. The monoisotopic (exact) mass is 328 g/mol. The molecule has 7 heteroatoms. The third-order valence-electron chi connectivity index (χ3n) is 3.20. The first-order valence-electron chi connectivity index (χ1n) is 6.22. The molecular formula is C14H14ClFN2O2S. The van der Waals surface area contributed by atoms with E-state index in [0.29, 0.717) is 5.69 Å². The van der Waals surface area contributed by atoms with Gasteiger partial charge >= 0.3 is 4.87 Å². The highest BCUT2D eigenvalue weighted by molar-refractivity contribution is 7.07. The second-order valence-corrected chi connectivity index (χ2v) is 6.33. The van der Waals surface area contributed by atoms with Crippen molar-refractivity contribution in [1.82, 2.24) is 10.3 Å². The Hall–Kier alpha value is -1.66. The second kappa shape index (κ2) is 5.99. The number of benzene rings is 1. The Morgan fingerprint density at radius 2 is 2.19 bits per heavy atom. The van der Waals surface area contributed by atoms with Gasteiger partial charge in [0.2, 0.25) is 5.91 Å². The molecule has 2 N–H and O–H groups in total. The quantitative estimate of drug-likeness (QED) is 0.906. The minimum atomic E-state index is -1.08. The summed E-state index contributed by atoms with van der Waals surface area (Å²) in [5.41, 5.74) is -0.238. The molecule has 0 aliphatic carbocycles. The molecule has 1 aromatic carbocycles. The number of H-pyrrole nitrogens is 1. The van der Waals surface area contributed by atoms with Crippen molar-refractivity contribution in [2.24, 2.45) is 0 Å². The van der Waals surface area contributed by atoms with Crippen LogP contribution >= 0.6 is 22.9 Å². The van der Waals surface area contributed by atoms with Crippen molar-refractivity contribution in [2.45, 2.75) is 25.8 Å². The Bertz CT molecular complexity index is 724. The number of carbonyl (C=O) groups is 1. The number of hydrogen-bond donors (Lipinski definition) is 2. The number of amides is 1. The molecule has 4 nitrogen and oxygen atoms in total. The van der Waals surface area contributed by atoms with E-state index in [9.17, 15) is 14.0 Å². The van der Waals surface area contributed by atoms with Crippen LogP contribution in [0.1, 0.15) is 25.1 Å². The Morgan fingerprint density at radius 1 is 1.48 bits per heavy atom. The number of aromatic amines is 1. The third-order valence-corrected chi connectivity index (χ3v) is 4.21. The van der Waals surface area contributed by atoms with Crippen LogP contribution in [0.4, 0.5) is 4.39 Å². The maximum Gasteiger partial charge on any atom is 0.304 e. The first-order chi connectivity index (χ1) is 9.82. The number of rotatable bonds is 4. The highest BCUT2D eigenvalue weighted by Crippen LogP contribution is 2.29. The van der Waals surface area contributed by atoms with E-state index in [0.717, 1.165) is 11.3 Å². The fourth-order valence-electron chi connectivity index (χ4n) is 1.91. The van der Waals surface area contributed by atoms with Gasteiger partial charge in [-0.05, 0) is 19.9 Å². The van der Waals surface area contributed by atoms with Crippen LogP contribution in [0.5, 0.6) is 0 Å².